The van der Waals surface area contributed by atoms with Crippen molar-refractivity contribution < 1.29 is 14.3 Å². The molecule has 1 amide bonds. The zero-order valence-corrected chi connectivity index (χ0v) is 16.0. The molecule has 0 fully saturated rings. The van der Waals surface area contributed by atoms with Crippen LogP contribution in [0.25, 0.3) is 0 Å². The van der Waals surface area contributed by atoms with Gasteiger partial charge in [0.1, 0.15) is 5.00 Å². The van der Waals surface area contributed by atoms with Crippen molar-refractivity contribution in [2.45, 2.75) is 32.1 Å². The van der Waals surface area contributed by atoms with Crippen molar-refractivity contribution in [1.82, 2.24) is 0 Å². The van der Waals surface area contributed by atoms with Gasteiger partial charge in [0.2, 0.25) is 0 Å². The SMILES string of the molecule is COC(=O)c1c(NC(=O)c2cc(Cl)ccc2Cl)sc2c1CCCCC2. The summed E-state index contributed by atoms with van der Waals surface area (Å²) < 4.78 is 4.94. The van der Waals surface area contributed by atoms with Gasteiger partial charge in [-0.1, -0.05) is 29.6 Å². The molecule has 1 aromatic heterocycles. The molecule has 0 bridgehead atoms. The minimum Gasteiger partial charge on any atom is -0.465 e. The molecule has 7 heteroatoms. The molecule has 1 N–H and O–H groups in total. The second-order valence-electron chi connectivity index (χ2n) is 5.84. The van der Waals surface area contributed by atoms with E-state index in [-0.39, 0.29) is 5.56 Å². The number of fused-ring (bicyclic) bond motifs is 1. The van der Waals surface area contributed by atoms with Gasteiger partial charge in [-0.3, -0.25) is 4.79 Å². The molecular weight excluding hydrogens is 381 g/mol. The maximum atomic E-state index is 12.6. The van der Waals surface area contributed by atoms with Gasteiger partial charge in [0.15, 0.2) is 0 Å². The Labute approximate surface area is 160 Å². The molecule has 1 heterocycles. The molecule has 0 radical (unpaired) electrons. The summed E-state index contributed by atoms with van der Waals surface area (Å²) in [6, 6.07) is 4.70. The molecule has 1 aromatic carbocycles. The van der Waals surface area contributed by atoms with Crippen molar-refractivity contribution >= 4 is 51.4 Å². The number of anilines is 1. The van der Waals surface area contributed by atoms with Crippen LogP contribution in [0.5, 0.6) is 0 Å². The molecular formula is C18H17Cl2NO3S. The van der Waals surface area contributed by atoms with Crippen LogP contribution < -0.4 is 5.32 Å². The Morgan fingerprint density at radius 2 is 1.92 bits per heavy atom. The lowest BCUT2D eigenvalue weighted by Gasteiger charge is -2.08. The second kappa shape index (κ2) is 7.77. The van der Waals surface area contributed by atoms with Crippen molar-refractivity contribution in [3.63, 3.8) is 0 Å². The van der Waals surface area contributed by atoms with Crippen LogP contribution in [0.3, 0.4) is 0 Å². The Morgan fingerprint density at radius 3 is 2.68 bits per heavy atom. The van der Waals surface area contributed by atoms with Crippen LogP contribution in [0, 0.1) is 0 Å². The summed E-state index contributed by atoms with van der Waals surface area (Å²) in [5.41, 5.74) is 1.74. The Bertz CT molecular complexity index is 832. The molecule has 3 rings (SSSR count). The largest absolute Gasteiger partial charge is 0.465 e. The van der Waals surface area contributed by atoms with Crippen LogP contribution >= 0.6 is 34.5 Å². The highest BCUT2D eigenvalue weighted by Crippen LogP contribution is 2.38. The summed E-state index contributed by atoms with van der Waals surface area (Å²) in [5, 5.41) is 4.06. The molecule has 0 unspecified atom stereocenters. The topological polar surface area (TPSA) is 55.4 Å². The van der Waals surface area contributed by atoms with Crippen LogP contribution in [0.2, 0.25) is 10.0 Å². The van der Waals surface area contributed by atoms with Gasteiger partial charge in [0.25, 0.3) is 5.91 Å². The Hall–Kier alpha value is -1.56. The lowest BCUT2D eigenvalue weighted by molar-refractivity contribution is 0.0601. The van der Waals surface area contributed by atoms with E-state index in [1.54, 1.807) is 12.1 Å². The van der Waals surface area contributed by atoms with Gasteiger partial charge < -0.3 is 10.1 Å². The van der Waals surface area contributed by atoms with E-state index in [9.17, 15) is 9.59 Å². The lowest BCUT2D eigenvalue weighted by Crippen LogP contribution is -2.15. The third-order valence-corrected chi connectivity index (χ3v) is 5.98. The number of rotatable bonds is 3. The number of benzene rings is 1. The van der Waals surface area contributed by atoms with Crippen molar-refractivity contribution in [3.05, 3.63) is 49.8 Å². The van der Waals surface area contributed by atoms with Crippen LogP contribution in [0.1, 0.15) is 50.4 Å². The Kier molecular flexibility index (Phi) is 5.67. The molecule has 132 valence electrons. The highest BCUT2D eigenvalue weighted by Gasteiger charge is 2.26. The molecule has 0 saturated heterocycles. The monoisotopic (exact) mass is 397 g/mol. The highest BCUT2D eigenvalue weighted by atomic mass is 35.5. The number of hydrogen-bond donors (Lipinski definition) is 1. The summed E-state index contributed by atoms with van der Waals surface area (Å²) in [6.45, 7) is 0. The first-order valence-corrected chi connectivity index (χ1v) is 9.57. The van der Waals surface area contributed by atoms with Gasteiger partial charge >= 0.3 is 5.97 Å². The summed E-state index contributed by atoms with van der Waals surface area (Å²) in [6.07, 6.45) is 4.99. The summed E-state index contributed by atoms with van der Waals surface area (Å²) in [7, 11) is 1.35. The van der Waals surface area contributed by atoms with Crippen molar-refractivity contribution in [2.75, 3.05) is 12.4 Å². The average molecular weight is 398 g/mol. The normalized spacial score (nSPS) is 13.7. The van der Waals surface area contributed by atoms with Crippen LogP contribution in [0.4, 0.5) is 5.00 Å². The maximum Gasteiger partial charge on any atom is 0.341 e. The summed E-state index contributed by atoms with van der Waals surface area (Å²) in [5.74, 6) is -0.819. The van der Waals surface area contributed by atoms with E-state index in [0.29, 0.717) is 20.6 Å². The first-order valence-electron chi connectivity index (χ1n) is 8.00. The minimum atomic E-state index is -0.424. The van der Waals surface area contributed by atoms with Crippen LogP contribution in [-0.4, -0.2) is 19.0 Å². The average Bonchev–Trinajstić information content (AvgIpc) is 2.77. The van der Waals surface area contributed by atoms with E-state index in [1.165, 1.54) is 24.5 Å². The van der Waals surface area contributed by atoms with E-state index in [1.807, 2.05) is 0 Å². The van der Waals surface area contributed by atoms with Gasteiger partial charge in [-0.05, 0) is 49.4 Å². The number of hydrogen-bond acceptors (Lipinski definition) is 4. The fourth-order valence-corrected chi connectivity index (χ4v) is 4.64. The van der Waals surface area contributed by atoms with Crippen LogP contribution in [-0.2, 0) is 17.6 Å². The number of carbonyl (C=O) groups excluding carboxylic acids is 2. The Balaban J connectivity index is 1.98. The van der Waals surface area contributed by atoms with E-state index in [2.05, 4.69) is 5.32 Å². The van der Waals surface area contributed by atoms with Gasteiger partial charge in [-0.25, -0.2) is 4.79 Å². The minimum absolute atomic E-state index is 0.272. The molecule has 0 saturated carbocycles. The Morgan fingerprint density at radius 1 is 1.16 bits per heavy atom. The number of carbonyl (C=O) groups is 2. The molecule has 2 aromatic rings. The molecule has 0 atom stereocenters. The highest BCUT2D eigenvalue weighted by molar-refractivity contribution is 7.17. The van der Waals surface area contributed by atoms with Gasteiger partial charge in [-0.15, -0.1) is 11.3 Å². The maximum absolute atomic E-state index is 12.6. The number of aryl methyl sites for hydroxylation is 1. The van der Waals surface area contributed by atoms with Crippen molar-refractivity contribution in [1.29, 1.82) is 0 Å². The quantitative estimate of drug-likeness (QED) is 0.559. The lowest BCUT2D eigenvalue weighted by atomic mass is 10.1. The number of methoxy groups -OCH3 is 1. The third-order valence-electron chi connectivity index (χ3n) is 4.21. The third kappa shape index (κ3) is 3.84. The fourth-order valence-electron chi connectivity index (χ4n) is 2.99. The predicted molar refractivity (Wildman–Crippen MR) is 101 cm³/mol. The molecule has 25 heavy (non-hydrogen) atoms. The second-order valence-corrected chi connectivity index (χ2v) is 7.79. The summed E-state index contributed by atoms with van der Waals surface area (Å²) >= 11 is 13.5. The number of amides is 1. The smallest absolute Gasteiger partial charge is 0.341 e. The fraction of sp³-hybridized carbons (Fsp3) is 0.333. The van der Waals surface area contributed by atoms with E-state index >= 15 is 0 Å². The standard InChI is InChI=1S/C18H17Cl2NO3S/c1-24-18(23)15-11-5-3-2-4-6-14(11)25-17(15)21-16(22)12-9-10(19)7-8-13(12)20/h7-9H,2-6H2,1H3,(H,21,22). The zero-order chi connectivity index (χ0) is 18.0. The van der Waals surface area contributed by atoms with Crippen molar-refractivity contribution in [3.8, 4) is 0 Å². The van der Waals surface area contributed by atoms with Crippen molar-refractivity contribution in [2.24, 2.45) is 0 Å². The number of nitrogens with one attached hydrogen (secondary N) is 1. The number of esters is 1. The number of thiophene rings is 1. The van der Waals surface area contributed by atoms with Gasteiger partial charge in [0.05, 0.1) is 23.3 Å². The molecule has 0 spiro atoms. The van der Waals surface area contributed by atoms with E-state index < -0.39 is 11.9 Å². The molecule has 4 nitrogen and oxygen atoms in total. The number of ether oxygens (including phenoxy) is 1. The first kappa shape index (κ1) is 18.2. The summed E-state index contributed by atoms with van der Waals surface area (Å²) in [4.78, 5) is 26.1. The molecule has 1 aliphatic rings. The van der Waals surface area contributed by atoms with Gasteiger partial charge in [-0.2, -0.15) is 0 Å². The first-order chi connectivity index (χ1) is 12.0. The van der Waals surface area contributed by atoms with E-state index in [4.69, 9.17) is 27.9 Å². The van der Waals surface area contributed by atoms with E-state index in [0.717, 1.165) is 42.5 Å². The molecule has 1 aliphatic carbocycles. The van der Waals surface area contributed by atoms with Crippen LogP contribution in [0.15, 0.2) is 18.2 Å². The number of halogens is 2. The molecule has 0 aliphatic heterocycles. The van der Waals surface area contributed by atoms with Gasteiger partial charge in [0, 0.05) is 9.90 Å². The zero-order valence-electron chi connectivity index (χ0n) is 13.7. The predicted octanol–water partition coefficient (Wildman–Crippen LogP) is 5.36.